The molecule has 0 spiro atoms. The highest BCUT2D eigenvalue weighted by molar-refractivity contribution is 6.28. The Morgan fingerprint density at radius 1 is 1.43 bits per heavy atom. The summed E-state index contributed by atoms with van der Waals surface area (Å²) >= 11 is 5.92. The van der Waals surface area contributed by atoms with Gasteiger partial charge in [-0.25, -0.2) is 14.6 Å². The van der Waals surface area contributed by atoms with Gasteiger partial charge in [0, 0.05) is 13.5 Å². The van der Waals surface area contributed by atoms with Crippen molar-refractivity contribution in [1.82, 2.24) is 19.5 Å². The molecule has 1 aliphatic rings. The van der Waals surface area contributed by atoms with Crippen LogP contribution in [0.4, 0.5) is 5.82 Å². The number of hydrogen-bond donors (Lipinski definition) is 4. The van der Waals surface area contributed by atoms with Gasteiger partial charge in [-0.05, 0) is 18.5 Å². The molecule has 0 amide bonds. The van der Waals surface area contributed by atoms with E-state index in [0.29, 0.717) is 17.0 Å². The zero-order chi connectivity index (χ0) is 20.6. The smallest absolute Gasteiger partial charge is 0.347 e. The van der Waals surface area contributed by atoms with E-state index in [0.717, 1.165) is 6.92 Å². The first kappa shape index (κ1) is 20.2. The van der Waals surface area contributed by atoms with Crippen LogP contribution in [0.1, 0.15) is 19.6 Å². The lowest BCUT2D eigenvalue weighted by atomic mass is 10.1. The average Bonchev–Trinajstić information content (AvgIpc) is 3.21. The molecule has 28 heavy (non-hydrogen) atoms. The number of ether oxygens (including phenoxy) is 2. The SMILES string of the molecule is CNc1nc(Cl)nc2c1ncn2[C@@H]1O[C@H](COC(C)(C(=O)O)C(=O)O)C[C@H]1O. The zero-order valence-electron chi connectivity index (χ0n) is 14.9. The Balaban J connectivity index is 1.79. The van der Waals surface area contributed by atoms with Crippen molar-refractivity contribution in [2.45, 2.75) is 37.4 Å². The molecular formula is C15H18ClN5O7. The third-order valence-electron chi connectivity index (χ3n) is 4.44. The first-order chi connectivity index (χ1) is 13.2. The molecule has 0 aromatic carbocycles. The second-order valence-corrected chi connectivity index (χ2v) is 6.66. The third-order valence-corrected chi connectivity index (χ3v) is 4.61. The summed E-state index contributed by atoms with van der Waals surface area (Å²) in [7, 11) is 1.65. The number of rotatable bonds is 7. The fourth-order valence-corrected chi connectivity index (χ4v) is 2.98. The number of carboxylic acids is 2. The van der Waals surface area contributed by atoms with E-state index in [2.05, 4.69) is 20.3 Å². The standard InChI is InChI=1S/C15H18ClN5O7/c1-15(12(23)24,13(25)26)27-4-6-3-7(22)11(28-6)21-5-18-8-9(17-2)19-14(16)20-10(8)21/h5-7,11,22H,3-4H2,1-2H3,(H,23,24)(H,25,26)(H,17,19,20)/t6-,7+,11+/m0/s1. The maximum absolute atomic E-state index is 11.2. The predicted octanol–water partition coefficient (Wildman–Crippen LogP) is 0.114. The topological polar surface area (TPSA) is 169 Å². The molecule has 2 aromatic heterocycles. The van der Waals surface area contributed by atoms with Gasteiger partial charge in [0.2, 0.25) is 5.28 Å². The van der Waals surface area contributed by atoms with Crippen LogP contribution in [-0.4, -0.2) is 78.2 Å². The van der Waals surface area contributed by atoms with Gasteiger partial charge in [-0.3, -0.25) is 4.57 Å². The van der Waals surface area contributed by atoms with Gasteiger partial charge < -0.3 is 30.1 Å². The summed E-state index contributed by atoms with van der Waals surface area (Å²) in [5, 5.41) is 31.4. The number of aromatic nitrogens is 4. The van der Waals surface area contributed by atoms with Gasteiger partial charge in [0.25, 0.3) is 5.60 Å². The Morgan fingerprint density at radius 3 is 2.71 bits per heavy atom. The number of aliphatic carboxylic acids is 2. The summed E-state index contributed by atoms with van der Waals surface area (Å²) in [4.78, 5) is 34.7. The highest BCUT2D eigenvalue weighted by Crippen LogP contribution is 2.33. The van der Waals surface area contributed by atoms with Crippen LogP contribution in [-0.2, 0) is 19.1 Å². The van der Waals surface area contributed by atoms with Gasteiger partial charge in [-0.1, -0.05) is 0 Å². The van der Waals surface area contributed by atoms with Crippen LogP contribution in [0.3, 0.4) is 0 Å². The summed E-state index contributed by atoms with van der Waals surface area (Å²) < 4.78 is 12.3. The summed E-state index contributed by atoms with van der Waals surface area (Å²) in [6, 6.07) is 0. The van der Waals surface area contributed by atoms with Gasteiger partial charge in [0.1, 0.15) is 6.10 Å². The quantitative estimate of drug-likeness (QED) is 0.357. The van der Waals surface area contributed by atoms with Crippen LogP contribution in [0.5, 0.6) is 0 Å². The Morgan fingerprint density at radius 2 is 2.11 bits per heavy atom. The van der Waals surface area contributed by atoms with Crippen molar-refractivity contribution < 1.29 is 34.4 Å². The highest BCUT2D eigenvalue weighted by atomic mass is 35.5. The summed E-state index contributed by atoms with van der Waals surface area (Å²) in [5.41, 5.74) is -1.67. The van der Waals surface area contributed by atoms with Crippen molar-refractivity contribution in [3.05, 3.63) is 11.6 Å². The molecule has 3 atom stereocenters. The van der Waals surface area contributed by atoms with E-state index < -0.39 is 36.0 Å². The van der Waals surface area contributed by atoms with Gasteiger partial charge in [-0.2, -0.15) is 9.97 Å². The fraction of sp³-hybridized carbons (Fsp3) is 0.533. The number of carboxylic acid groups (broad SMARTS) is 2. The van der Waals surface area contributed by atoms with E-state index >= 15 is 0 Å². The second kappa shape index (κ2) is 7.47. The molecule has 1 fully saturated rings. The molecule has 0 saturated carbocycles. The van der Waals surface area contributed by atoms with Crippen LogP contribution in [0, 0.1) is 0 Å². The normalized spacial score (nSPS) is 22.5. The first-order valence-corrected chi connectivity index (χ1v) is 8.57. The molecule has 0 bridgehead atoms. The van der Waals surface area contributed by atoms with Crippen LogP contribution in [0.25, 0.3) is 11.2 Å². The van der Waals surface area contributed by atoms with Gasteiger partial charge in [0.15, 0.2) is 23.2 Å². The number of halogens is 1. The van der Waals surface area contributed by atoms with Crippen LogP contribution < -0.4 is 5.32 Å². The molecule has 0 radical (unpaired) electrons. The van der Waals surface area contributed by atoms with Crippen molar-refractivity contribution in [2.75, 3.05) is 19.0 Å². The monoisotopic (exact) mass is 415 g/mol. The van der Waals surface area contributed by atoms with E-state index in [1.165, 1.54) is 10.9 Å². The third kappa shape index (κ3) is 3.46. The minimum atomic E-state index is -2.42. The van der Waals surface area contributed by atoms with Crippen LogP contribution >= 0.6 is 11.6 Å². The molecule has 152 valence electrons. The Labute approximate surface area is 163 Å². The van der Waals surface area contributed by atoms with Crippen molar-refractivity contribution >= 4 is 40.5 Å². The number of carbonyl (C=O) groups is 2. The predicted molar refractivity (Wildman–Crippen MR) is 94.0 cm³/mol. The van der Waals surface area contributed by atoms with E-state index in [9.17, 15) is 14.7 Å². The molecule has 4 N–H and O–H groups in total. The van der Waals surface area contributed by atoms with Crippen LogP contribution in [0.2, 0.25) is 5.28 Å². The average molecular weight is 416 g/mol. The Bertz CT molecular complexity index is 906. The van der Waals surface area contributed by atoms with Gasteiger partial charge in [-0.15, -0.1) is 0 Å². The lowest BCUT2D eigenvalue weighted by molar-refractivity contribution is -0.185. The first-order valence-electron chi connectivity index (χ1n) is 8.19. The Hall–Kier alpha value is -2.54. The van der Waals surface area contributed by atoms with Crippen molar-refractivity contribution in [2.24, 2.45) is 0 Å². The number of anilines is 1. The van der Waals surface area contributed by atoms with Gasteiger partial charge in [0.05, 0.1) is 19.0 Å². The summed E-state index contributed by atoms with van der Waals surface area (Å²) in [6.45, 7) is 0.592. The number of nitrogens with zero attached hydrogens (tertiary/aromatic N) is 4. The van der Waals surface area contributed by atoms with E-state index in [4.69, 9.17) is 31.3 Å². The van der Waals surface area contributed by atoms with Crippen molar-refractivity contribution in [1.29, 1.82) is 0 Å². The van der Waals surface area contributed by atoms with E-state index in [1.807, 2.05) is 0 Å². The Kier molecular flexibility index (Phi) is 5.39. The molecule has 12 nitrogen and oxygen atoms in total. The molecule has 1 saturated heterocycles. The molecule has 1 aliphatic heterocycles. The largest absolute Gasteiger partial charge is 0.479 e. The lowest BCUT2D eigenvalue weighted by Gasteiger charge is -2.22. The van der Waals surface area contributed by atoms with Gasteiger partial charge >= 0.3 is 11.9 Å². The van der Waals surface area contributed by atoms with E-state index in [1.54, 1.807) is 7.05 Å². The van der Waals surface area contributed by atoms with E-state index in [-0.39, 0.29) is 18.3 Å². The fourth-order valence-electron chi connectivity index (χ4n) is 2.81. The number of aliphatic hydroxyl groups is 1. The molecular weight excluding hydrogens is 398 g/mol. The molecule has 13 heteroatoms. The number of aliphatic hydroxyl groups excluding tert-OH is 1. The zero-order valence-corrected chi connectivity index (χ0v) is 15.6. The second-order valence-electron chi connectivity index (χ2n) is 6.32. The van der Waals surface area contributed by atoms with Crippen molar-refractivity contribution in [3.8, 4) is 0 Å². The molecule has 2 aromatic rings. The minimum absolute atomic E-state index is 0.0235. The lowest BCUT2D eigenvalue weighted by Crippen LogP contribution is -2.47. The number of fused-ring (bicyclic) bond motifs is 1. The van der Waals surface area contributed by atoms with Crippen molar-refractivity contribution in [3.63, 3.8) is 0 Å². The number of nitrogens with one attached hydrogen (secondary N) is 1. The van der Waals surface area contributed by atoms with Crippen LogP contribution in [0.15, 0.2) is 6.33 Å². The maximum atomic E-state index is 11.2. The summed E-state index contributed by atoms with van der Waals surface area (Å²) in [5.74, 6) is -2.87. The number of imidazole rings is 1. The molecule has 0 unspecified atom stereocenters. The summed E-state index contributed by atoms with van der Waals surface area (Å²) in [6.07, 6.45) is -1.12. The molecule has 0 aliphatic carbocycles. The molecule has 3 rings (SSSR count). The maximum Gasteiger partial charge on any atom is 0.347 e. The molecule has 3 heterocycles. The minimum Gasteiger partial charge on any atom is -0.479 e. The number of hydrogen-bond acceptors (Lipinski definition) is 9. The highest BCUT2D eigenvalue weighted by Gasteiger charge is 2.45.